The highest BCUT2D eigenvalue weighted by molar-refractivity contribution is 5.72. The zero-order valence-electron chi connectivity index (χ0n) is 16.3. The second-order valence-corrected chi connectivity index (χ2v) is 8.16. The number of nitrogens with one attached hydrogen (secondary N) is 2. The normalized spacial score (nSPS) is 17.0. The number of piperidine rings is 1. The maximum atomic E-state index is 4.93. The molecule has 142 valence electrons. The molecule has 28 heavy (non-hydrogen) atoms. The van der Waals surface area contributed by atoms with Crippen LogP contribution in [0.25, 0.3) is 11.3 Å². The molecule has 2 aliphatic rings. The number of aromatic nitrogens is 2. The molecule has 0 unspecified atom stereocenters. The van der Waals surface area contributed by atoms with Crippen LogP contribution in [-0.4, -0.2) is 23.1 Å². The molecule has 3 aromatic rings. The average Bonchev–Trinajstić information content (AvgIpc) is 2.73. The van der Waals surface area contributed by atoms with Crippen LogP contribution in [0.1, 0.15) is 35.1 Å². The topological polar surface area (TPSA) is 49.8 Å². The number of anilines is 1. The van der Waals surface area contributed by atoms with Gasteiger partial charge in [-0.15, -0.1) is 0 Å². The lowest BCUT2D eigenvalue weighted by atomic mass is 9.64. The molecule has 0 amide bonds. The van der Waals surface area contributed by atoms with Crippen molar-refractivity contribution in [3.63, 3.8) is 0 Å². The molecule has 1 fully saturated rings. The number of benzene rings is 2. The predicted molar refractivity (Wildman–Crippen MR) is 113 cm³/mol. The van der Waals surface area contributed by atoms with Gasteiger partial charge in [0.25, 0.3) is 0 Å². The molecule has 2 aromatic carbocycles. The molecule has 1 saturated heterocycles. The maximum Gasteiger partial charge on any atom is 0.223 e. The molecule has 5 rings (SSSR count). The van der Waals surface area contributed by atoms with Gasteiger partial charge in [0.15, 0.2) is 0 Å². The minimum Gasteiger partial charge on any atom is -0.350 e. The fourth-order valence-electron chi connectivity index (χ4n) is 4.82. The van der Waals surface area contributed by atoms with E-state index in [0.717, 1.165) is 31.7 Å². The summed E-state index contributed by atoms with van der Waals surface area (Å²) in [6.07, 6.45) is 5.44. The van der Waals surface area contributed by atoms with E-state index in [1.807, 2.05) is 6.20 Å². The lowest BCUT2D eigenvalue weighted by molar-refractivity contribution is 0.302. The highest BCUT2D eigenvalue weighted by Crippen LogP contribution is 2.46. The lowest BCUT2D eigenvalue weighted by Crippen LogP contribution is -2.43. The molecular weight excluding hydrogens is 344 g/mol. The van der Waals surface area contributed by atoms with Crippen molar-refractivity contribution in [2.24, 2.45) is 0 Å². The van der Waals surface area contributed by atoms with Gasteiger partial charge in [-0.1, -0.05) is 54.1 Å². The molecule has 0 bridgehead atoms. The average molecular weight is 371 g/mol. The van der Waals surface area contributed by atoms with E-state index < -0.39 is 0 Å². The Balaban J connectivity index is 1.47. The zero-order valence-corrected chi connectivity index (χ0v) is 16.3. The second kappa shape index (κ2) is 7.02. The molecule has 4 heteroatoms. The van der Waals surface area contributed by atoms with Crippen LogP contribution in [0.5, 0.6) is 0 Å². The number of nitrogens with zero attached hydrogens (tertiary/aromatic N) is 2. The summed E-state index contributed by atoms with van der Waals surface area (Å²) >= 11 is 0. The first kappa shape index (κ1) is 17.4. The third-order valence-electron chi connectivity index (χ3n) is 6.24. The molecule has 0 atom stereocenters. The van der Waals surface area contributed by atoms with E-state index in [4.69, 9.17) is 4.98 Å². The fourth-order valence-corrected chi connectivity index (χ4v) is 4.82. The smallest absolute Gasteiger partial charge is 0.223 e. The summed E-state index contributed by atoms with van der Waals surface area (Å²) in [5, 5.41) is 6.92. The largest absolute Gasteiger partial charge is 0.350 e. The van der Waals surface area contributed by atoms with E-state index in [1.165, 1.54) is 40.7 Å². The van der Waals surface area contributed by atoms with Gasteiger partial charge in [-0.3, -0.25) is 0 Å². The van der Waals surface area contributed by atoms with Gasteiger partial charge >= 0.3 is 0 Å². The molecular formula is C24H26N4. The first-order valence-electron chi connectivity index (χ1n) is 10.2. The quantitative estimate of drug-likeness (QED) is 0.724. The van der Waals surface area contributed by atoms with E-state index >= 15 is 0 Å². The summed E-state index contributed by atoms with van der Waals surface area (Å²) in [5.74, 6) is 0.705. The third-order valence-corrected chi connectivity index (χ3v) is 6.24. The molecule has 0 saturated carbocycles. The summed E-state index contributed by atoms with van der Waals surface area (Å²) in [4.78, 5) is 9.57. The number of fused-ring (bicyclic) bond motifs is 4. The molecule has 1 aliphatic carbocycles. The van der Waals surface area contributed by atoms with Crippen LogP contribution in [0.3, 0.4) is 0 Å². The van der Waals surface area contributed by atoms with Gasteiger partial charge in [0.1, 0.15) is 0 Å². The highest BCUT2D eigenvalue weighted by Gasteiger charge is 2.40. The van der Waals surface area contributed by atoms with Crippen LogP contribution in [-0.2, 0) is 18.4 Å². The van der Waals surface area contributed by atoms with Gasteiger partial charge in [0.05, 0.1) is 5.69 Å². The minimum absolute atomic E-state index is 0.231. The van der Waals surface area contributed by atoms with Crippen molar-refractivity contribution in [3.05, 3.63) is 77.0 Å². The molecule has 4 nitrogen and oxygen atoms in total. The van der Waals surface area contributed by atoms with Gasteiger partial charge in [-0.05, 0) is 56.0 Å². The maximum absolute atomic E-state index is 4.93. The van der Waals surface area contributed by atoms with Crippen LogP contribution in [0, 0.1) is 6.92 Å². The summed E-state index contributed by atoms with van der Waals surface area (Å²) < 4.78 is 0. The summed E-state index contributed by atoms with van der Waals surface area (Å²) in [6, 6.07) is 17.4. The van der Waals surface area contributed by atoms with Crippen LogP contribution in [0.4, 0.5) is 5.95 Å². The van der Waals surface area contributed by atoms with Crippen molar-refractivity contribution < 1.29 is 0 Å². The Morgan fingerprint density at radius 3 is 2.79 bits per heavy atom. The van der Waals surface area contributed by atoms with E-state index in [-0.39, 0.29) is 5.41 Å². The van der Waals surface area contributed by atoms with Crippen LogP contribution < -0.4 is 10.6 Å². The van der Waals surface area contributed by atoms with Crippen molar-refractivity contribution in [1.29, 1.82) is 0 Å². The lowest BCUT2D eigenvalue weighted by Gasteiger charge is -2.42. The second-order valence-electron chi connectivity index (χ2n) is 8.16. The van der Waals surface area contributed by atoms with E-state index in [1.54, 1.807) is 0 Å². The number of aryl methyl sites for hydroxylation is 1. The van der Waals surface area contributed by atoms with E-state index in [9.17, 15) is 0 Å². The van der Waals surface area contributed by atoms with Gasteiger partial charge in [-0.2, -0.15) is 0 Å². The van der Waals surface area contributed by atoms with Crippen LogP contribution in [0.15, 0.2) is 54.7 Å². The van der Waals surface area contributed by atoms with Crippen molar-refractivity contribution in [1.82, 2.24) is 15.3 Å². The van der Waals surface area contributed by atoms with Crippen molar-refractivity contribution >= 4 is 5.95 Å². The minimum atomic E-state index is 0.231. The van der Waals surface area contributed by atoms with Crippen LogP contribution >= 0.6 is 0 Å². The number of rotatable bonds is 3. The SMILES string of the molecule is Cc1cccc(CNc2ncc3c(n2)-c2ccccc2C2(CCNCC2)C3)c1. The summed E-state index contributed by atoms with van der Waals surface area (Å²) in [6.45, 7) is 5.02. The van der Waals surface area contributed by atoms with E-state index in [0.29, 0.717) is 5.95 Å². The molecule has 1 spiro atoms. The zero-order chi connectivity index (χ0) is 19.0. The molecule has 1 aromatic heterocycles. The van der Waals surface area contributed by atoms with Gasteiger partial charge < -0.3 is 10.6 Å². The van der Waals surface area contributed by atoms with E-state index in [2.05, 4.69) is 71.1 Å². The summed E-state index contributed by atoms with van der Waals surface area (Å²) in [5.41, 5.74) is 7.87. The standard InChI is InChI=1S/C24H26N4/c1-17-5-4-6-18(13-17)15-26-23-27-16-19-14-24(9-11-25-12-10-24)21-8-3-2-7-20(21)22(19)28-23/h2-8,13,16,25H,9-12,14-15H2,1H3,(H,26,27,28). The number of hydrogen-bond acceptors (Lipinski definition) is 4. The first-order chi connectivity index (χ1) is 13.7. The van der Waals surface area contributed by atoms with Crippen molar-refractivity contribution in [2.75, 3.05) is 18.4 Å². The monoisotopic (exact) mass is 370 g/mol. The first-order valence-corrected chi connectivity index (χ1v) is 10.2. The highest BCUT2D eigenvalue weighted by atomic mass is 15.1. The Bertz CT molecular complexity index is 1000. The summed E-state index contributed by atoms with van der Waals surface area (Å²) in [7, 11) is 0. The van der Waals surface area contributed by atoms with Gasteiger partial charge in [0.2, 0.25) is 5.95 Å². The van der Waals surface area contributed by atoms with Gasteiger partial charge in [0, 0.05) is 23.7 Å². The third kappa shape index (κ3) is 3.08. The van der Waals surface area contributed by atoms with Crippen molar-refractivity contribution in [2.45, 2.75) is 38.1 Å². The molecule has 2 heterocycles. The molecule has 1 aliphatic heterocycles. The molecule has 0 radical (unpaired) electrons. The van der Waals surface area contributed by atoms with Gasteiger partial charge in [-0.25, -0.2) is 9.97 Å². The molecule has 2 N–H and O–H groups in total. The Labute approximate surface area is 166 Å². The Kier molecular flexibility index (Phi) is 4.36. The Morgan fingerprint density at radius 1 is 1.07 bits per heavy atom. The fraction of sp³-hybridized carbons (Fsp3) is 0.333. The van der Waals surface area contributed by atoms with Crippen LogP contribution in [0.2, 0.25) is 0 Å². The number of hydrogen-bond donors (Lipinski definition) is 2. The van der Waals surface area contributed by atoms with Crippen molar-refractivity contribution in [3.8, 4) is 11.3 Å². The predicted octanol–water partition coefficient (Wildman–Crippen LogP) is 4.24. The Morgan fingerprint density at radius 2 is 1.93 bits per heavy atom. The Hall–Kier alpha value is -2.72.